The van der Waals surface area contributed by atoms with Crippen LogP contribution in [0.15, 0.2) is 0 Å². The predicted octanol–water partition coefficient (Wildman–Crippen LogP) is 3.52. The lowest BCUT2D eigenvalue weighted by Gasteiger charge is -2.15. The van der Waals surface area contributed by atoms with Crippen molar-refractivity contribution in [1.29, 1.82) is 0 Å². The van der Waals surface area contributed by atoms with Gasteiger partial charge in [0.2, 0.25) is 0 Å². The molecule has 1 unspecified atom stereocenters. The van der Waals surface area contributed by atoms with Crippen LogP contribution < -0.4 is 5.32 Å². The van der Waals surface area contributed by atoms with Gasteiger partial charge in [-0.1, -0.05) is 46.5 Å². The van der Waals surface area contributed by atoms with Gasteiger partial charge < -0.3 is 10.1 Å². The van der Waals surface area contributed by atoms with Crippen LogP contribution in [0.3, 0.4) is 0 Å². The van der Waals surface area contributed by atoms with E-state index in [-0.39, 0.29) is 12.0 Å². The smallest absolute Gasteiger partial charge is 0.323 e. The third kappa shape index (κ3) is 9.46. The summed E-state index contributed by atoms with van der Waals surface area (Å²) in [7, 11) is 0. The first kappa shape index (κ1) is 17.4. The summed E-state index contributed by atoms with van der Waals surface area (Å²) in [5.41, 5.74) is 0. The van der Waals surface area contributed by atoms with Gasteiger partial charge in [0.15, 0.2) is 0 Å². The van der Waals surface area contributed by atoms with E-state index in [1.165, 1.54) is 25.7 Å². The van der Waals surface area contributed by atoms with E-state index in [0.29, 0.717) is 6.61 Å². The zero-order valence-corrected chi connectivity index (χ0v) is 12.6. The van der Waals surface area contributed by atoms with E-state index in [1.54, 1.807) is 0 Å². The first-order valence-corrected chi connectivity index (χ1v) is 7.51. The largest absolute Gasteiger partial charge is 0.465 e. The van der Waals surface area contributed by atoms with Gasteiger partial charge >= 0.3 is 5.97 Å². The lowest BCUT2D eigenvalue weighted by molar-refractivity contribution is -0.145. The molecule has 0 aromatic heterocycles. The summed E-state index contributed by atoms with van der Waals surface area (Å²) in [6.07, 6.45) is 7.15. The fraction of sp³-hybridized carbons (Fsp3) is 0.933. The fourth-order valence-electron chi connectivity index (χ4n) is 1.94. The zero-order valence-electron chi connectivity index (χ0n) is 12.6. The molecular weight excluding hydrogens is 226 g/mol. The van der Waals surface area contributed by atoms with Crippen LogP contribution in [0.2, 0.25) is 0 Å². The van der Waals surface area contributed by atoms with Crippen LogP contribution in [-0.2, 0) is 9.53 Å². The molecule has 3 heteroatoms. The monoisotopic (exact) mass is 257 g/mol. The lowest BCUT2D eigenvalue weighted by atomic mass is 10.0. The minimum Gasteiger partial charge on any atom is -0.465 e. The molecule has 1 atom stereocenters. The van der Waals surface area contributed by atoms with Gasteiger partial charge in [-0.15, -0.1) is 0 Å². The maximum Gasteiger partial charge on any atom is 0.323 e. The van der Waals surface area contributed by atoms with E-state index in [2.05, 4.69) is 19.2 Å². The molecule has 0 aromatic carbocycles. The Labute approximate surface area is 113 Å². The molecule has 0 radical (unpaired) electrons. The molecule has 0 saturated carbocycles. The summed E-state index contributed by atoms with van der Waals surface area (Å²) in [6, 6.07) is -0.124. The Bertz CT molecular complexity index is 205. The number of nitrogens with one attached hydrogen (secondary N) is 1. The maximum atomic E-state index is 11.5. The van der Waals surface area contributed by atoms with Crippen LogP contribution >= 0.6 is 0 Å². The molecule has 0 aliphatic carbocycles. The SMILES string of the molecule is CCOC(=O)C(CC)NCCCCCCC(C)C. The molecule has 0 aromatic rings. The normalized spacial score (nSPS) is 12.7. The molecule has 0 fully saturated rings. The van der Waals surface area contributed by atoms with Crippen molar-refractivity contribution >= 4 is 5.97 Å². The molecule has 0 bridgehead atoms. The molecule has 18 heavy (non-hydrogen) atoms. The van der Waals surface area contributed by atoms with E-state index in [1.807, 2.05) is 13.8 Å². The zero-order chi connectivity index (χ0) is 13.8. The van der Waals surface area contributed by atoms with E-state index >= 15 is 0 Å². The van der Waals surface area contributed by atoms with Crippen molar-refractivity contribution in [3.8, 4) is 0 Å². The minimum absolute atomic E-state index is 0.111. The molecule has 108 valence electrons. The third-order valence-electron chi connectivity index (χ3n) is 3.08. The Hall–Kier alpha value is -0.570. The molecule has 0 heterocycles. The molecule has 0 rings (SSSR count). The number of unbranched alkanes of at least 4 members (excludes halogenated alkanes) is 3. The second-order valence-electron chi connectivity index (χ2n) is 5.26. The van der Waals surface area contributed by atoms with Crippen molar-refractivity contribution in [2.24, 2.45) is 5.92 Å². The summed E-state index contributed by atoms with van der Waals surface area (Å²) in [4.78, 5) is 11.5. The summed E-state index contributed by atoms with van der Waals surface area (Å²) in [5.74, 6) is 0.705. The standard InChI is InChI=1S/C15H31NO2/c1-5-14(15(17)18-6-2)16-12-10-8-7-9-11-13(3)4/h13-14,16H,5-12H2,1-4H3. The number of esters is 1. The minimum atomic E-state index is -0.124. The number of rotatable bonds is 11. The van der Waals surface area contributed by atoms with Gasteiger partial charge in [0.1, 0.15) is 6.04 Å². The second kappa shape index (κ2) is 11.5. The topological polar surface area (TPSA) is 38.3 Å². The molecule has 1 N–H and O–H groups in total. The third-order valence-corrected chi connectivity index (χ3v) is 3.08. The van der Waals surface area contributed by atoms with Crippen molar-refractivity contribution in [2.75, 3.05) is 13.2 Å². The molecule has 0 spiro atoms. The Balaban J connectivity index is 3.48. The summed E-state index contributed by atoms with van der Waals surface area (Å²) < 4.78 is 5.02. The molecule has 3 nitrogen and oxygen atoms in total. The van der Waals surface area contributed by atoms with Gasteiger partial charge in [0.25, 0.3) is 0 Å². The van der Waals surface area contributed by atoms with Gasteiger partial charge in [0.05, 0.1) is 6.61 Å². The predicted molar refractivity (Wildman–Crippen MR) is 76.6 cm³/mol. The Morgan fingerprint density at radius 1 is 1.11 bits per heavy atom. The van der Waals surface area contributed by atoms with Crippen LogP contribution in [0.1, 0.15) is 66.2 Å². The number of hydrogen-bond donors (Lipinski definition) is 1. The number of hydrogen-bond acceptors (Lipinski definition) is 3. The van der Waals surface area contributed by atoms with E-state index in [4.69, 9.17) is 4.74 Å². The van der Waals surface area contributed by atoms with Crippen molar-refractivity contribution in [3.05, 3.63) is 0 Å². The lowest BCUT2D eigenvalue weighted by Crippen LogP contribution is -2.38. The van der Waals surface area contributed by atoms with Gasteiger partial charge in [0, 0.05) is 0 Å². The summed E-state index contributed by atoms with van der Waals surface area (Å²) in [5, 5.41) is 3.28. The van der Waals surface area contributed by atoms with Crippen molar-refractivity contribution in [1.82, 2.24) is 5.32 Å². The molecule has 0 saturated heterocycles. The van der Waals surface area contributed by atoms with Gasteiger partial charge in [-0.25, -0.2) is 0 Å². The summed E-state index contributed by atoms with van der Waals surface area (Å²) >= 11 is 0. The van der Waals surface area contributed by atoms with Crippen molar-refractivity contribution in [2.45, 2.75) is 72.3 Å². The van der Waals surface area contributed by atoms with Crippen LogP contribution in [0.25, 0.3) is 0 Å². The van der Waals surface area contributed by atoms with Crippen LogP contribution in [-0.4, -0.2) is 25.2 Å². The summed E-state index contributed by atoms with van der Waals surface area (Å²) in [6.45, 7) is 9.78. The first-order valence-electron chi connectivity index (χ1n) is 7.51. The van der Waals surface area contributed by atoms with E-state index < -0.39 is 0 Å². The van der Waals surface area contributed by atoms with Crippen molar-refractivity contribution in [3.63, 3.8) is 0 Å². The molecule has 0 amide bonds. The number of carbonyl (C=O) groups is 1. The number of ether oxygens (including phenoxy) is 1. The highest BCUT2D eigenvalue weighted by Gasteiger charge is 2.15. The average Bonchev–Trinajstić information content (AvgIpc) is 2.32. The number of carbonyl (C=O) groups excluding carboxylic acids is 1. The highest BCUT2D eigenvalue weighted by Crippen LogP contribution is 2.09. The maximum absolute atomic E-state index is 11.5. The highest BCUT2D eigenvalue weighted by molar-refractivity contribution is 5.75. The fourth-order valence-corrected chi connectivity index (χ4v) is 1.94. The average molecular weight is 257 g/mol. The van der Waals surface area contributed by atoms with Gasteiger partial charge in [-0.05, 0) is 32.2 Å². The molecular formula is C15H31NO2. The van der Waals surface area contributed by atoms with Gasteiger partial charge in [-0.2, -0.15) is 0 Å². The van der Waals surface area contributed by atoms with Gasteiger partial charge in [-0.3, -0.25) is 4.79 Å². The Morgan fingerprint density at radius 2 is 1.78 bits per heavy atom. The van der Waals surface area contributed by atoms with Crippen molar-refractivity contribution < 1.29 is 9.53 Å². The molecule has 0 aliphatic heterocycles. The van der Waals surface area contributed by atoms with E-state index in [0.717, 1.165) is 25.3 Å². The van der Waals surface area contributed by atoms with Crippen LogP contribution in [0, 0.1) is 5.92 Å². The Kier molecular flexibility index (Phi) is 11.2. The van der Waals surface area contributed by atoms with Crippen LogP contribution in [0.5, 0.6) is 0 Å². The quantitative estimate of drug-likeness (QED) is 0.454. The highest BCUT2D eigenvalue weighted by atomic mass is 16.5. The van der Waals surface area contributed by atoms with Crippen LogP contribution in [0.4, 0.5) is 0 Å². The van der Waals surface area contributed by atoms with E-state index in [9.17, 15) is 4.79 Å². The second-order valence-corrected chi connectivity index (χ2v) is 5.26. The Morgan fingerprint density at radius 3 is 2.33 bits per heavy atom. The first-order chi connectivity index (χ1) is 8.61. The molecule has 0 aliphatic rings.